The summed E-state index contributed by atoms with van der Waals surface area (Å²) in [4.78, 5) is 27.3. The number of esters is 1. The Kier molecular flexibility index (Phi) is 6.84. The Labute approximate surface area is 115 Å². The van der Waals surface area contributed by atoms with Gasteiger partial charge in [0.1, 0.15) is 0 Å². The molecule has 1 aliphatic rings. The van der Waals surface area contributed by atoms with Crippen LogP contribution < -0.4 is 0 Å². The molecule has 1 amide bonds. The molecule has 0 aromatic heterocycles. The first-order valence-electron chi connectivity index (χ1n) is 7.12. The number of methoxy groups -OCH3 is 1. The Bertz CT molecular complexity index is 305. The number of carbonyl (C=O) groups excluding carboxylic acids is 2. The molecule has 0 aromatic rings. The van der Waals surface area contributed by atoms with Gasteiger partial charge in [-0.25, -0.2) is 0 Å². The summed E-state index contributed by atoms with van der Waals surface area (Å²) in [5, 5.41) is 0. The average molecular weight is 270 g/mol. The molecule has 0 bridgehead atoms. The van der Waals surface area contributed by atoms with E-state index in [1.54, 1.807) is 0 Å². The fraction of sp³-hybridized carbons (Fsp3) is 0.857. The Morgan fingerprint density at radius 2 is 1.89 bits per heavy atom. The Hall–Kier alpha value is -1.10. The SMILES string of the molecule is COC(=O)CCCN1CCCN(C(=O)C(C)C)CC1. The van der Waals surface area contributed by atoms with Crippen molar-refractivity contribution in [3.8, 4) is 0 Å². The van der Waals surface area contributed by atoms with E-state index in [2.05, 4.69) is 9.64 Å². The summed E-state index contributed by atoms with van der Waals surface area (Å²) in [5.41, 5.74) is 0. The first-order valence-corrected chi connectivity index (χ1v) is 7.12. The number of carbonyl (C=O) groups is 2. The van der Waals surface area contributed by atoms with Crippen LogP contribution in [0.1, 0.15) is 33.1 Å². The van der Waals surface area contributed by atoms with Crippen LogP contribution in [0.3, 0.4) is 0 Å². The average Bonchev–Trinajstić information content (AvgIpc) is 2.63. The fourth-order valence-corrected chi connectivity index (χ4v) is 2.33. The second-order valence-corrected chi connectivity index (χ2v) is 5.35. The van der Waals surface area contributed by atoms with Gasteiger partial charge in [-0.2, -0.15) is 0 Å². The van der Waals surface area contributed by atoms with Gasteiger partial charge in [-0.05, 0) is 25.9 Å². The molecule has 110 valence electrons. The first kappa shape index (κ1) is 16.0. The third kappa shape index (κ3) is 5.59. The molecule has 19 heavy (non-hydrogen) atoms. The number of nitrogens with zero attached hydrogens (tertiary/aromatic N) is 2. The van der Waals surface area contributed by atoms with Gasteiger partial charge in [0.15, 0.2) is 0 Å². The summed E-state index contributed by atoms with van der Waals surface area (Å²) < 4.78 is 4.63. The van der Waals surface area contributed by atoms with Gasteiger partial charge in [-0.1, -0.05) is 13.8 Å². The van der Waals surface area contributed by atoms with Gasteiger partial charge in [0, 0.05) is 32.0 Å². The number of ether oxygens (including phenoxy) is 1. The van der Waals surface area contributed by atoms with Gasteiger partial charge in [0.25, 0.3) is 0 Å². The minimum Gasteiger partial charge on any atom is -0.469 e. The van der Waals surface area contributed by atoms with Crippen LogP contribution in [0.4, 0.5) is 0 Å². The van der Waals surface area contributed by atoms with E-state index in [4.69, 9.17) is 0 Å². The summed E-state index contributed by atoms with van der Waals surface area (Å²) >= 11 is 0. The Morgan fingerprint density at radius 1 is 1.16 bits per heavy atom. The zero-order chi connectivity index (χ0) is 14.3. The van der Waals surface area contributed by atoms with Crippen LogP contribution in [0.25, 0.3) is 0 Å². The van der Waals surface area contributed by atoms with E-state index in [-0.39, 0.29) is 17.8 Å². The molecule has 1 fully saturated rings. The summed E-state index contributed by atoms with van der Waals surface area (Å²) in [6, 6.07) is 0. The lowest BCUT2D eigenvalue weighted by Crippen LogP contribution is -2.37. The molecule has 0 atom stereocenters. The van der Waals surface area contributed by atoms with Crippen molar-refractivity contribution in [2.45, 2.75) is 33.1 Å². The molecule has 0 unspecified atom stereocenters. The van der Waals surface area contributed by atoms with Crippen molar-refractivity contribution in [1.29, 1.82) is 0 Å². The Morgan fingerprint density at radius 3 is 2.53 bits per heavy atom. The third-order valence-electron chi connectivity index (χ3n) is 3.48. The van der Waals surface area contributed by atoms with Crippen LogP contribution in [-0.4, -0.2) is 61.5 Å². The maximum absolute atomic E-state index is 11.9. The summed E-state index contributed by atoms with van der Waals surface area (Å²) in [5.74, 6) is 0.175. The van der Waals surface area contributed by atoms with E-state index < -0.39 is 0 Å². The van der Waals surface area contributed by atoms with Gasteiger partial charge in [-0.15, -0.1) is 0 Å². The highest BCUT2D eigenvalue weighted by Gasteiger charge is 2.20. The standard InChI is InChI=1S/C14H26N2O3/c1-12(2)14(18)16-9-5-8-15(10-11-16)7-4-6-13(17)19-3/h12H,4-11H2,1-3H3. The quantitative estimate of drug-likeness (QED) is 0.703. The maximum atomic E-state index is 11.9. The highest BCUT2D eigenvalue weighted by atomic mass is 16.5. The molecule has 0 radical (unpaired) electrons. The monoisotopic (exact) mass is 270 g/mol. The van der Waals surface area contributed by atoms with Crippen LogP contribution in [0, 0.1) is 5.92 Å². The van der Waals surface area contributed by atoms with E-state index in [1.807, 2.05) is 18.7 Å². The lowest BCUT2D eigenvalue weighted by molar-refractivity contribution is -0.140. The smallest absolute Gasteiger partial charge is 0.305 e. The van der Waals surface area contributed by atoms with Gasteiger partial charge < -0.3 is 14.5 Å². The highest BCUT2D eigenvalue weighted by Crippen LogP contribution is 2.08. The zero-order valence-corrected chi connectivity index (χ0v) is 12.4. The first-order chi connectivity index (χ1) is 9.04. The fourth-order valence-electron chi connectivity index (χ4n) is 2.33. The molecular weight excluding hydrogens is 244 g/mol. The third-order valence-corrected chi connectivity index (χ3v) is 3.48. The van der Waals surface area contributed by atoms with Crippen LogP contribution >= 0.6 is 0 Å². The van der Waals surface area contributed by atoms with Crippen molar-refractivity contribution in [2.75, 3.05) is 39.8 Å². The van der Waals surface area contributed by atoms with Gasteiger partial charge in [0.2, 0.25) is 5.91 Å². The van der Waals surface area contributed by atoms with E-state index in [0.717, 1.165) is 45.6 Å². The van der Waals surface area contributed by atoms with E-state index in [9.17, 15) is 9.59 Å². The molecule has 0 spiro atoms. The minimum absolute atomic E-state index is 0.0749. The summed E-state index contributed by atoms with van der Waals surface area (Å²) in [6.07, 6.45) is 2.31. The molecule has 5 nitrogen and oxygen atoms in total. The van der Waals surface area contributed by atoms with Crippen LogP contribution in [-0.2, 0) is 14.3 Å². The van der Waals surface area contributed by atoms with Crippen molar-refractivity contribution in [2.24, 2.45) is 5.92 Å². The molecule has 1 heterocycles. The Balaban J connectivity index is 2.29. The van der Waals surface area contributed by atoms with Gasteiger partial charge in [0.05, 0.1) is 7.11 Å². The summed E-state index contributed by atoms with van der Waals surface area (Å²) in [6.45, 7) is 8.35. The number of amides is 1. The second-order valence-electron chi connectivity index (χ2n) is 5.35. The number of hydrogen-bond acceptors (Lipinski definition) is 4. The molecule has 1 aliphatic heterocycles. The number of rotatable bonds is 5. The van der Waals surface area contributed by atoms with Crippen molar-refractivity contribution >= 4 is 11.9 Å². The normalized spacial score (nSPS) is 17.4. The number of hydrogen-bond donors (Lipinski definition) is 0. The van der Waals surface area contributed by atoms with Gasteiger partial charge >= 0.3 is 5.97 Å². The molecule has 1 saturated heterocycles. The van der Waals surface area contributed by atoms with Crippen LogP contribution in [0.2, 0.25) is 0 Å². The lowest BCUT2D eigenvalue weighted by atomic mass is 10.2. The topological polar surface area (TPSA) is 49.9 Å². The van der Waals surface area contributed by atoms with Crippen LogP contribution in [0.15, 0.2) is 0 Å². The largest absolute Gasteiger partial charge is 0.469 e. The highest BCUT2D eigenvalue weighted by molar-refractivity contribution is 5.78. The van der Waals surface area contributed by atoms with Crippen molar-refractivity contribution < 1.29 is 14.3 Å². The zero-order valence-electron chi connectivity index (χ0n) is 12.4. The molecule has 0 saturated carbocycles. The summed E-state index contributed by atoms with van der Waals surface area (Å²) in [7, 11) is 1.42. The molecule has 5 heteroatoms. The van der Waals surface area contributed by atoms with Crippen molar-refractivity contribution in [1.82, 2.24) is 9.80 Å². The van der Waals surface area contributed by atoms with Crippen LogP contribution in [0.5, 0.6) is 0 Å². The van der Waals surface area contributed by atoms with Crippen molar-refractivity contribution in [3.63, 3.8) is 0 Å². The molecule has 0 N–H and O–H groups in total. The van der Waals surface area contributed by atoms with E-state index in [1.165, 1.54) is 7.11 Å². The maximum Gasteiger partial charge on any atom is 0.305 e. The van der Waals surface area contributed by atoms with E-state index in [0.29, 0.717) is 6.42 Å². The lowest BCUT2D eigenvalue weighted by Gasteiger charge is -2.23. The molecule has 0 aliphatic carbocycles. The molecular formula is C14H26N2O3. The van der Waals surface area contributed by atoms with Crippen molar-refractivity contribution in [3.05, 3.63) is 0 Å². The molecule has 1 rings (SSSR count). The van der Waals surface area contributed by atoms with Gasteiger partial charge in [-0.3, -0.25) is 9.59 Å². The molecule has 0 aromatic carbocycles. The predicted octanol–water partition coefficient (Wildman–Crippen LogP) is 1.13. The second kappa shape index (κ2) is 8.15. The minimum atomic E-state index is -0.147. The predicted molar refractivity (Wildman–Crippen MR) is 73.7 cm³/mol. The van der Waals surface area contributed by atoms with E-state index >= 15 is 0 Å².